The Morgan fingerprint density at radius 3 is 2.69 bits per heavy atom. The van der Waals surface area contributed by atoms with Crippen LogP contribution in [0.4, 0.5) is 5.69 Å². The molecule has 2 atom stereocenters. The number of rotatable bonds is 4. The average Bonchev–Trinajstić information content (AvgIpc) is 3.01. The van der Waals surface area contributed by atoms with Gasteiger partial charge in [-0.2, -0.15) is 0 Å². The largest absolute Gasteiger partial charge is 0.370 e. The predicted octanol–water partition coefficient (Wildman–Crippen LogP) is 4.13. The number of hydrogen-bond acceptors (Lipinski definition) is 2. The Balaban J connectivity index is 0.00000240. The molecule has 0 spiro atoms. The highest BCUT2D eigenvalue weighted by Gasteiger charge is 2.38. The SMILES string of the molecule is CN1C(=O)C[C@@H](CN=C(N)Nc2cccc3c2CCCC3)[C@@H]1c1ccccc1.I. The van der Waals surface area contributed by atoms with E-state index < -0.39 is 0 Å². The number of carbonyl (C=O) groups excluding carboxylic acids is 1. The lowest BCUT2D eigenvalue weighted by Crippen LogP contribution is -2.27. The van der Waals surface area contributed by atoms with Gasteiger partial charge < -0.3 is 16.0 Å². The van der Waals surface area contributed by atoms with Crippen LogP contribution in [-0.4, -0.2) is 30.4 Å². The lowest BCUT2D eigenvalue weighted by molar-refractivity contribution is -0.127. The molecule has 29 heavy (non-hydrogen) atoms. The van der Waals surface area contributed by atoms with Crippen LogP contribution in [0.5, 0.6) is 0 Å². The molecular formula is C23H29IN4O. The Labute approximate surface area is 189 Å². The lowest BCUT2D eigenvalue weighted by Gasteiger charge is -2.24. The fraction of sp³-hybridized carbons (Fsp3) is 0.391. The second-order valence-electron chi connectivity index (χ2n) is 7.83. The van der Waals surface area contributed by atoms with Crippen LogP contribution in [0.2, 0.25) is 0 Å². The molecule has 0 saturated carbocycles. The van der Waals surface area contributed by atoms with Crippen molar-refractivity contribution < 1.29 is 4.79 Å². The van der Waals surface area contributed by atoms with Crippen molar-refractivity contribution in [1.29, 1.82) is 0 Å². The number of nitrogens with one attached hydrogen (secondary N) is 1. The van der Waals surface area contributed by atoms with Crippen LogP contribution in [0, 0.1) is 5.92 Å². The topological polar surface area (TPSA) is 70.7 Å². The van der Waals surface area contributed by atoms with E-state index in [0.717, 1.165) is 24.1 Å². The molecule has 0 aromatic heterocycles. The summed E-state index contributed by atoms with van der Waals surface area (Å²) in [5.41, 5.74) is 11.2. The summed E-state index contributed by atoms with van der Waals surface area (Å²) >= 11 is 0. The van der Waals surface area contributed by atoms with E-state index in [1.807, 2.05) is 30.1 Å². The molecule has 6 heteroatoms. The van der Waals surface area contributed by atoms with Gasteiger partial charge in [-0.25, -0.2) is 0 Å². The maximum atomic E-state index is 12.3. The van der Waals surface area contributed by atoms with Crippen LogP contribution < -0.4 is 11.1 Å². The molecule has 2 aliphatic rings. The molecule has 1 amide bonds. The summed E-state index contributed by atoms with van der Waals surface area (Å²) in [5.74, 6) is 0.718. The lowest BCUT2D eigenvalue weighted by atomic mass is 9.90. The number of amides is 1. The van der Waals surface area contributed by atoms with E-state index in [9.17, 15) is 4.79 Å². The minimum atomic E-state index is 0. The van der Waals surface area contributed by atoms with E-state index in [2.05, 4.69) is 40.6 Å². The first kappa shape index (κ1) is 21.6. The number of aliphatic imine (C=N–C) groups is 1. The summed E-state index contributed by atoms with van der Waals surface area (Å²) in [7, 11) is 1.88. The molecule has 1 heterocycles. The third-order valence-electron chi connectivity index (χ3n) is 5.99. The molecule has 2 aromatic rings. The molecule has 4 rings (SSSR count). The van der Waals surface area contributed by atoms with Gasteiger partial charge in [0.05, 0.1) is 6.04 Å². The van der Waals surface area contributed by atoms with Crippen molar-refractivity contribution in [2.75, 3.05) is 18.9 Å². The minimum Gasteiger partial charge on any atom is -0.370 e. The van der Waals surface area contributed by atoms with Gasteiger partial charge in [0.1, 0.15) is 0 Å². The van der Waals surface area contributed by atoms with E-state index in [4.69, 9.17) is 5.73 Å². The molecular weight excluding hydrogens is 475 g/mol. The van der Waals surface area contributed by atoms with E-state index in [0.29, 0.717) is 18.9 Å². The van der Waals surface area contributed by atoms with E-state index in [-0.39, 0.29) is 41.8 Å². The number of anilines is 1. The van der Waals surface area contributed by atoms with E-state index >= 15 is 0 Å². The first-order valence-corrected chi connectivity index (χ1v) is 10.1. The molecule has 5 nitrogen and oxygen atoms in total. The summed E-state index contributed by atoms with van der Waals surface area (Å²) in [4.78, 5) is 18.7. The van der Waals surface area contributed by atoms with Crippen molar-refractivity contribution in [3.8, 4) is 0 Å². The number of hydrogen-bond donors (Lipinski definition) is 2. The number of nitrogens with zero attached hydrogens (tertiary/aromatic N) is 2. The van der Waals surface area contributed by atoms with Crippen molar-refractivity contribution in [2.24, 2.45) is 16.6 Å². The van der Waals surface area contributed by atoms with Crippen molar-refractivity contribution in [2.45, 2.75) is 38.1 Å². The maximum absolute atomic E-state index is 12.3. The zero-order chi connectivity index (χ0) is 19.5. The molecule has 0 radical (unpaired) electrons. The molecule has 154 valence electrons. The van der Waals surface area contributed by atoms with E-state index in [1.165, 1.54) is 24.0 Å². The van der Waals surface area contributed by atoms with Crippen molar-refractivity contribution >= 4 is 41.5 Å². The van der Waals surface area contributed by atoms with Crippen LogP contribution in [0.3, 0.4) is 0 Å². The summed E-state index contributed by atoms with van der Waals surface area (Å²) < 4.78 is 0. The number of guanidine groups is 1. The number of likely N-dealkylation sites (tertiary alicyclic amines) is 1. The number of carbonyl (C=O) groups is 1. The Hall–Kier alpha value is -2.09. The van der Waals surface area contributed by atoms with Gasteiger partial charge in [0.2, 0.25) is 5.91 Å². The van der Waals surface area contributed by atoms with Crippen LogP contribution in [0.25, 0.3) is 0 Å². The van der Waals surface area contributed by atoms with Gasteiger partial charge in [-0.3, -0.25) is 9.79 Å². The van der Waals surface area contributed by atoms with E-state index in [1.54, 1.807) is 0 Å². The zero-order valence-electron chi connectivity index (χ0n) is 16.8. The van der Waals surface area contributed by atoms with Gasteiger partial charge in [-0.05, 0) is 48.4 Å². The summed E-state index contributed by atoms with van der Waals surface area (Å²) in [5, 5.41) is 3.30. The monoisotopic (exact) mass is 504 g/mol. The highest BCUT2D eigenvalue weighted by Crippen LogP contribution is 2.37. The molecule has 1 aliphatic carbocycles. The predicted molar refractivity (Wildman–Crippen MR) is 129 cm³/mol. The van der Waals surface area contributed by atoms with Gasteiger partial charge >= 0.3 is 0 Å². The molecule has 3 N–H and O–H groups in total. The van der Waals surface area contributed by atoms with Crippen molar-refractivity contribution in [3.63, 3.8) is 0 Å². The van der Waals surface area contributed by atoms with Gasteiger partial charge in [-0.1, -0.05) is 42.5 Å². The maximum Gasteiger partial charge on any atom is 0.223 e. The second-order valence-corrected chi connectivity index (χ2v) is 7.83. The van der Waals surface area contributed by atoms with Crippen molar-refractivity contribution in [1.82, 2.24) is 4.90 Å². The molecule has 2 aromatic carbocycles. The fourth-order valence-corrected chi connectivity index (χ4v) is 4.55. The minimum absolute atomic E-state index is 0. The van der Waals surface area contributed by atoms with Crippen molar-refractivity contribution in [3.05, 3.63) is 65.2 Å². The van der Waals surface area contributed by atoms with Crippen LogP contribution in [0.15, 0.2) is 53.5 Å². The van der Waals surface area contributed by atoms with Crippen LogP contribution in [-0.2, 0) is 17.6 Å². The average molecular weight is 504 g/mol. The normalized spacial score (nSPS) is 21.5. The number of nitrogens with two attached hydrogens (primary N) is 1. The summed E-state index contributed by atoms with van der Waals surface area (Å²) in [6.07, 6.45) is 5.21. The van der Waals surface area contributed by atoms with Gasteiger partial charge in [0.15, 0.2) is 5.96 Å². The Bertz CT molecular complexity index is 884. The highest BCUT2D eigenvalue weighted by atomic mass is 127. The fourth-order valence-electron chi connectivity index (χ4n) is 4.55. The number of aryl methyl sites for hydroxylation is 1. The van der Waals surface area contributed by atoms with Gasteiger partial charge in [0.25, 0.3) is 0 Å². The van der Waals surface area contributed by atoms with Crippen LogP contribution in [0.1, 0.15) is 42.0 Å². The first-order chi connectivity index (χ1) is 13.6. The highest BCUT2D eigenvalue weighted by molar-refractivity contribution is 14.0. The molecule has 1 fully saturated rings. The zero-order valence-corrected chi connectivity index (χ0v) is 19.1. The smallest absolute Gasteiger partial charge is 0.223 e. The summed E-state index contributed by atoms with van der Waals surface area (Å²) in [6, 6.07) is 16.6. The first-order valence-electron chi connectivity index (χ1n) is 10.1. The van der Waals surface area contributed by atoms with Gasteiger partial charge in [0, 0.05) is 31.6 Å². The third kappa shape index (κ3) is 4.74. The summed E-state index contributed by atoms with van der Waals surface area (Å²) in [6.45, 7) is 0.531. The molecule has 0 bridgehead atoms. The standard InChI is InChI=1S/C23H28N4O.HI/c1-27-21(28)14-18(22(27)17-9-3-2-4-10-17)15-25-23(24)26-20-13-7-11-16-8-5-6-12-19(16)20;/h2-4,7,9-11,13,18,22H,5-6,8,12,14-15H2,1H3,(H3,24,25,26);1H/t18-,22-;/m0./s1. The number of fused-ring (bicyclic) bond motifs is 1. The Kier molecular flexibility index (Phi) is 7.16. The molecule has 1 saturated heterocycles. The quantitative estimate of drug-likeness (QED) is 0.374. The molecule has 1 aliphatic heterocycles. The second kappa shape index (κ2) is 9.61. The number of benzene rings is 2. The number of halogens is 1. The Morgan fingerprint density at radius 1 is 1.14 bits per heavy atom. The molecule has 0 unspecified atom stereocenters. The van der Waals surface area contributed by atoms with Gasteiger partial charge in [-0.15, -0.1) is 24.0 Å². The van der Waals surface area contributed by atoms with Crippen LogP contribution >= 0.6 is 24.0 Å². The Morgan fingerprint density at radius 2 is 1.90 bits per heavy atom. The third-order valence-corrected chi connectivity index (χ3v) is 5.99.